The Morgan fingerprint density at radius 1 is 1.47 bits per heavy atom. The molecule has 0 aliphatic heterocycles. The standard InChI is InChI=1S/C10H10BrClO3/c1-14-10(13)9(11)6-15-8-4-2-7(12)3-5-8/h2-5,9H,6H2,1H3. The van der Waals surface area contributed by atoms with Gasteiger partial charge in [0.2, 0.25) is 0 Å². The molecule has 0 bridgehead atoms. The van der Waals surface area contributed by atoms with Crippen molar-refractivity contribution in [1.29, 1.82) is 0 Å². The summed E-state index contributed by atoms with van der Waals surface area (Å²) in [7, 11) is 1.33. The van der Waals surface area contributed by atoms with E-state index in [1.54, 1.807) is 24.3 Å². The number of hydrogen-bond acceptors (Lipinski definition) is 3. The topological polar surface area (TPSA) is 35.5 Å². The second kappa shape index (κ2) is 5.98. The van der Waals surface area contributed by atoms with Crippen LogP contribution in [-0.2, 0) is 9.53 Å². The summed E-state index contributed by atoms with van der Waals surface area (Å²) >= 11 is 8.86. The molecule has 1 rings (SSSR count). The van der Waals surface area contributed by atoms with E-state index in [9.17, 15) is 4.79 Å². The van der Waals surface area contributed by atoms with Crippen LogP contribution in [0.25, 0.3) is 0 Å². The number of hydrogen-bond donors (Lipinski definition) is 0. The predicted octanol–water partition coefficient (Wildman–Crippen LogP) is 2.66. The van der Waals surface area contributed by atoms with Crippen molar-refractivity contribution >= 4 is 33.5 Å². The third kappa shape index (κ3) is 4.10. The van der Waals surface area contributed by atoms with Gasteiger partial charge in [0.15, 0.2) is 0 Å². The number of esters is 1. The third-order valence-corrected chi connectivity index (χ3v) is 2.56. The van der Waals surface area contributed by atoms with Gasteiger partial charge in [-0.1, -0.05) is 27.5 Å². The predicted molar refractivity (Wildman–Crippen MR) is 61.7 cm³/mol. The molecule has 0 N–H and O–H groups in total. The first-order valence-electron chi connectivity index (χ1n) is 4.23. The molecule has 0 amide bonds. The Morgan fingerprint density at radius 3 is 2.60 bits per heavy atom. The fourth-order valence-electron chi connectivity index (χ4n) is 0.896. The fraction of sp³-hybridized carbons (Fsp3) is 0.300. The molecule has 0 heterocycles. The number of benzene rings is 1. The maximum atomic E-state index is 11.0. The van der Waals surface area contributed by atoms with Crippen molar-refractivity contribution < 1.29 is 14.3 Å². The van der Waals surface area contributed by atoms with E-state index in [0.717, 1.165) is 0 Å². The normalized spacial score (nSPS) is 11.9. The molecule has 5 heteroatoms. The molecule has 3 nitrogen and oxygen atoms in total. The highest BCUT2D eigenvalue weighted by Crippen LogP contribution is 2.16. The largest absolute Gasteiger partial charge is 0.492 e. The summed E-state index contributed by atoms with van der Waals surface area (Å²) in [5.41, 5.74) is 0. The van der Waals surface area contributed by atoms with Crippen LogP contribution >= 0.6 is 27.5 Å². The van der Waals surface area contributed by atoms with Crippen molar-refractivity contribution in [1.82, 2.24) is 0 Å². The maximum absolute atomic E-state index is 11.0. The Balaban J connectivity index is 2.43. The van der Waals surface area contributed by atoms with Gasteiger partial charge in [-0.2, -0.15) is 0 Å². The van der Waals surface area contributed by atoms with Gasteiger partial charge in [0.05, 0.1) is 7.11 Å². The van der Waals surface area contributed by atoms with Crippen molar-refractivity contribution in [3.63, 3.8) is 0 Å². The van der Waals surface area contributed by atoms with Gasteiger partial charge in [-0.05, 0) is 24.3 Å². The molecule has 0 aliphatic rings. The third-order valence-electron chi connectivity index (χ3n) is 1.67. The lowest BCUT2D eigenvalue weighted by Gasteiger charge is -2.09. The highest BCUT2D eigenvalue weighted by molar-refractivity contribution is 9.10. The van der Waals surface area contributed by atoms with Crippen molar-refractivity contribution in [2.45, 2.75) is 4.83 Å². The molecule has 0 spiro atoms. The van der Waals surface area contributed by atoms with Crippen LogP contribution in [0.2, 0.25) is 5.02 Å². The van der Waals surface area contributed by atoms with E-state index in [4.69, 9.17) is 16.3 Å². The first kappa shape index (κ1) is 12.3. The van der Waals surface area contributed by atoms with Gasteiger partial charge in [0.25, 0.3) is 0 Å². The zero-order valence-corrected chi connectivity index (χ0v) is 10.4. The van der Waals surface area contributed by atoms with Gasteiger partial charge >= 0.3 is 5.97 Å². The Kier molecular flexibility index (Phi) is 4.91. The van der Waals surface area contributed by atoms with E-state index in [-0.39, 0.29) is 12.6 Å². The lowest BCUT2D eigenvalue weighted by Crippen LogP contribution is -2.22. The summed E-state index contributed by atoms with van der Waals surface area (Å²) in [5.74, 6) is 0.303. The van der Waals surface area contributed by atoms with Crippen LogP contribution in [-0.4, -0.2) is 24.5 Å². The van der Waals surface area contributed by atoms with E-state index in [0.29, 0.717) is 10.8 Å². The number of methoxy groups -OCH3 is 1. The summed E-state index contributed by atoms with van der Waals surface area (Å²) in [5, 5.41) is 0.644. The van der Waals surface area contributed by atoms with Gasteiger partial charge in [-0.25, -0.2) is 0 Å². The van der Waals surface area contributed by atoms with Crippen LogP contribution in [0.1, 0.15) is 0 Å². The van der Waals surface area contributed by atoms with E-state index < -0.39 is 4.83 Å². The maximum Gasteiger partial charge on any atom is 0.322 e. The molecule has 1 atom stereocenters. The molecular weight excluding hydrogens is 283 g/mol. The van der Waals surface area contributed by atoms with Crippen LogP contribution in [0.15, 0.2) is 24.3 Å². The molecule has 0 radical (unpaired) electrons. The Labute approximate surface area is 101 Å². The minimum Gasteiger partial charge on any atom is -0.492 e. The average Bonchev–Trinajstić information content (AvgIpc) is 2.26. The first-order chi connectivity index (χ1) is 7.13. The molecule has 0 fully saturated rings. The summed E-state index contributed by atoms with van der Waals surface area (Å²) in [4.78, 5) is 10.6. The van der Waals surface area contributed by atoms with E-state index in [1.165, 1.54) is 7.11 Å². The molecule has 1 aromatic rings. The highest BCUT2D eigenvalue weighted by atomic mass is 79.9. The molecule has 0 saturated heterocycles. The van der Waals surface area contributed by atoms with E-state index in [1.807, 2.05) is 0 Å². The number of alkyl halides is 1. The van der Waals surface area contributed by atoms with Gasteiger partial charge in [0, 0.05) is 5.02 Å². The fourth-order valence-corrected chi connectivity index (χ4v) is 1.34. The van der Waals surface area contributed by atoms with Gasteiger partial charge in [-0.3, -0.25) is 4.79 Å². The lowest BCUT2D eigenvalue weighted by molar-refractivity contribution is -0.140. The molecule has 15 heavy (non-hydrogen) atoms. The smallest absolute Gasteiger partial charge is 0.322 e. The molecular formula is C10H10BrClO3. The Morgan fingerprint density at radius 2 is 2.07 bits per heavy atom. The van der Waals surface area contributed by atoms with Crippen LogP contribution in [0, 0.1) is 0 Å². The summed E-state index contributed by atoms with van der Waals surface area (Å²) in [6.45, 7) is 0.217. The summed E-state index contributed by atoms with van der Waals surface area (Å²) in [6, 6.07) is 6.91. The second-order valence-corrected chi connectivity index (χ2v) is 4.30. The van der Waals surface area contributed by atoms with Gasteiger partial charge in [0.1, 0.15) is 17.2 Å². The highest BCUT2D eigenvalue weighted by Gasteiger charge is 2.15. The first-order valence-corrected chi connectivity index (χ1v) is 5.53. The monoisotopic (exact) mass is 292 g/mol. The molecule has 1 unspecified atom stereocenters. The quantitative estimate of drug-likeness (QED) is 0.632. The Bertz CT molecular complexity index is 326. The van der Waals surface area contributed by atoms with Crippen LogP contribution in [0.4, 0.5) is 0 Å². The number of carbonyl (C=O) groups excluding carboxylic acids is 1. The summed E-state index contributed by atoms with van der Waals surface area (Å²) < 4.78 is 9.87. The minimum absolute atomic E-state index is 0.217. The van der Waals surface area contributed by atoms with Gasteiger partial charge < -0.3 is 9.47 Å². The zero-order chi connectivity index (χ0) is 11.3. The number of carbonyl (C=O) groups is 1. The zero-order valence-electron chi connectivity index (χ0n) is 8.07. The van der Waals surface area contributed by atoms with Crippen molar-refractivity contribution in [2.24, 2.45) is 0 Å². The SMILES string of the molecule is COC(=O)C(Br)COc1ccc(Cl)cc1. The number of halogens is 2. The Hall–Kier alpha value is -0.740. The van der Waals surface area contributed by atoms with E-state index in [2.05, 4.69) is 20.7 Å². The molecule has 1 aromatic carbocycles. The summed E-state index contributed by atoms with van der Waals surface area (Å²) in [6.07, 6.45) is 0. The average molecular weight is 294 g/mol. The molecule has 82 valence electrons. The number of ether oxygens (including phenoxy) is 2. The van der Waals surface area contributed by atoms with Crippen LogP contribution in [0.3, 0.4) is 0 Å². The van der Waals surface area contributed by atoms with Crippen LogP contribution < -0.4 is 4.74 Å². The molecule has 0 aromatic heterocycles. The lowest BCUT2D eigenvalue weighted by atomic mass is 10.3. The van der Waals surface area contributed by atoms with Crippen molar-refractivity contribution in [3.05, 3.63) is 29.3 Å². The molecule has 0 saturated carbocycles. The van der Waals surface area contributed by atoms with Crippen molar-refractivity contribution in [3.8, 4) is 5.75 Å². The number of rotatable bonds is 4. The van der Waals surface area contributed by atoms with E-state index >= 15 is 0 Å². The second-order valence-electron chi connectivity index (χ2n) is 2.76. The van der Waals surface area contributed by atoms with Gasteiger partial charge in [-0.15, -0.1) is 0 Å². The molecule has 0 aliphatic carbocycles. The minimum atomic E-state index is -0.460. The van der Waals surface area contributed by atoms with Crippen molar-refractivity contribution in [2.75, 3.05) is 13.7 Å². The van der Waals surface area contributed by atoms with Crippen LogP contribution in [0.5, 0.6) is 5.75 Å².